The van der Waals surface area contributed by atoms with Crippen molar-refractivity contribution in [2.75, 3.05) is 6.54 Å². The van der Waals surface area contributed by atoms with Crippen LogP contribution < -0.4 is 5.32 Å². The number of nitrogens with one attached hydrogen (secondary N) is 1. The third kappa shape index (κ3) is 3.28. The first-order valence-electron chi connectivity index (χ1n) is 6.72. The average Bonchev–Trinajstić information content (AvgIpc) is 2.92. The molecule has 0 radical (unpaired) electrons. The number of hydrogen-bond donors (Lipinski definition) is 2. The first kappa shape index (κ1) is 14.4. The Morgan fingerprint density at radius 1 is 1.55 bits per heavy atom. The first-order chi connectivity index (χ1) is 9.47. The van der Waals surface area contributed by atoms with Gasteiger partial charge >= 0.3 is 12.0 Å². The van der Waals surface area contributed by atoms with Gasteiger partial charge in [-0.3, -0.25) is 9.48 Å². The summed E-state index contributed by atoms with van der Waals surface area (Å²) in [5.74, 6) is -0.863. The van der Waals surface area contributed by atoms with Crippen LogP contribution in [0, 0.1) is 6.92 Å². The van der Waals surface area contributed by atoms with E-state index in [9.17, 15) is 9.59 Å². The van der Waals surface area contributed by atoms with Crippen molar-refractivity contribution in [3.63, 3.8) is 0 Å². The van der Waals surface area contributed by atoms with E-state index in [4.69, 9.17) is 5.11 Å². The van der Waals surface area contributed by atoms with E-state index in [-0.39, 0.29) is 18.5 Å². The zero-order valence-electron chi connectivity index (χ0n) is 11.8. The van der Waals surface area contributed by atoms with Crippen molar-refractivity contribution in [1.82, 2.24) is 20.0 Å². The SMILES string of the molecule is Cc1nn(C)cc1CNC(=O)N1CCCC1CC(=O)O. The van der Waals surface area contributed by atoms with E-state index in [2.05, 4.69) is 10.4 Å². The maximum absolute atomic E-state index is 12.1. The quantitative estimate of drug-likeness (QED) is 0.857. The van der Waals surface area contributed by atoms with Crippen LogP contribution in [0.15, 0.2) is 6.20 Å². The van der Waals surface area contributed by atoms with Crippen molar-refractivity contribution in [3.05, 3.63) is 17.5 Å². The molecule has 1 aliphatic heterocycles. The third-order valence-electron chi connectivity index (χ3n) is 3.59. The second-order valence-electron chi connectivity index (χ2n) is 5.16. The molecule has 0 spiro atoms. The van der Waals surface area contributed by atoms with Gasteiger partial charge in [0.15, 0.2) is 0 Å². The molecule has 110 valence electrons. The van der Waals surface area contributed by atoms with Crippen molar-refractivity contribution in [2.45, 2.75) is 38.8 Å². The first-order valence-corrected chi connectivity index (χ1v) is 6.72. The van der Waals surface area contributed by atoms with Crippen LogP contribution >= 0.6 is 0 Å². The van der Waals surface area contributed by atoms with Crippen molar-refractivity contribution in [1.29, 1.82) is 0 Å². The molecule has 1 unspecified atom stereocenters. The molecule has 0 bridgehead atoms. The predicted molar refractivity (Wildman–Crippen MR) is 72.2 cm³/mol. The highest BCUT2D eigenvalue weighted by Crippen LogP contribution is 2.20. The van der Waals surface area contributed by atoms with Crippen LogP contribution in [-0.4, -0.2) is 44.4 Å². The lowest BCUT2D eigenvalue weighted by atomic mass is 10.1. The van der Waals surface area contributed by atoms with E-state index in [0.717, 1.165) is 24.1 Å². The summed E-state index contributed by atoms with van der Waals surface area (Å²) in [6.45, 7) is 2.93. The average molecular weight is 280 g/mol. The number of rotatable bonds is 4. The summed E-state index contributed by atoms with van der Waals surface area (Å²) >= 11 is 0. The van der Waals surface area contributed by atoms with E-state index in [0.29, 0.717) is 13.1 Å². The Balaban J connectivity index is 1.91. The molecule has 7 nitrogen and oxygen atoms in total. The third-order valence-corrected chi connectivity index (χ3v) is 3.59. The number of aryl methyl sites for hydroxylation is 2. The van der Waals surface area contributed by atoms with E-state index < -0.39 is 5.97 Å². The lowest BCUT2D eigenvalue weighted by Gasteiger charge is -2.23. The standard InChI is InChI=1S/C13H20N4O3/c1-9-10(8-16(2)15-9)7-14-13(20)17-5-3-4-11(17)6-12(18)19/h8,11H,3-7H2,1-2H3,(H,14,20)(H,18,19). The number of urea groups is 1. The summed E-state index contributed by atoms with van der Waals surface area (Å²) in [5, 5.41) is 15.9. The lowest BCUT2D eigenvalue weighted by Crippen LogP contribution is -2.43. The van der Waals surface area contributed by atoms with E-state index >= 15 is 0 Å². The molecule has 1 aliphatic rings. The topological polar surface area (TPSA) is 87.5 Å². The molecule has 0 aromatic carbocycles. The van der Waals surface area contributed by atoms with Gasteiger partial charge in [0.25, 0.3) is 0 Å². The second kappa shape index (κ2) is 5.94. The Labute approximate surface area is 117 Å². The summed E-state index contributed by atoms with van der Waals surface area (Å²) in [5.41, 5.74) is 1.85. The molecule has 2 amide bonds. The minimum atomic E-state index is -0.863. The van der Waals surface area contributed by atoms with Crippen molar-refractivity contribution < 1.29 is 14.7 Å². The van der Waals surface area contributed by atoms with Crippen LogP contribution in [0.1, 0.15) is 30.5 Å². The highest BCUT2D eigenvalue weighted by Gasteiger charge is 2.30. The zero-order valence-corrected chi connectivity index (χ0v) is 11.8. The minimum Gasteiger partial charge on any atom is -0.481 e. The number of carbonyl (C=O) groups excluding carboxylic acids is 1. The van der Waals surface area contributed by atoms with Gasteiger partial charge in [0.2, 0.25) is 0 Å². The molecule has 0 aliphatic carbocycles. The van der Waals surface area contributed by atoms with Crippen LogP contribution in [0.4, 0.5) is 4.79 Å². The van der Waals surface area contributed by atoms with Crippen LogP contribution in [0.5, 0.6) is 0 Å². The number of nitrogens with zero attached hydrogens (tertiary/aromatic N) is 3. The summed E-state index contributed by atoms with van der Waals surface area (Å²) in [6.07, 6.45) is 3.50. The molecule has 1 saturated heterocycles. The molecule has 1 aromatic rings. The maximum atomic E-state index is 12.1. The van der Waals surface area contributed by atoms with Gasteiger partial charge in [-0.15, -0.1) is 0 Å². The van der Waals surface area contributed by atoms with Gasteiger partial charge in [-0.1, -0.05) is 0 Å². The van der Waals surface area contributed by atoms with Crippen LogP contribution in [-0.2, 0) is 18.4 Å². The van der Waals surface area contributed by atoms with Crippen molar-refractivity contribution >= 4 is 12.0 Å². The maximum Gasteiger partial charge on any atom is 0.317 e. The molecule has 0 saturated carbocycles. The van der Waals surface area contributed by atoms with Gasteiger partial charge in [-0.25, -0.2) is 4.79 Å². The van der Waals surface area contributed by atoms with Gasteiger partial charge in [-0.05, 0) is 19.8 Å². The Bertz CT molecular complexity index is 512. The molecule has 1 fully saturated rings. The Hall–Kier alpha value is -2.05. The van der Waals surface area contributed by atoms with Crippen LogP contribution in [0.3, 0.4) is 0 Å². The summed E-state index contributed by atoms with van der Waals surface area (Å²) in [7, 11) is 1.84. The summed E-state index contributed by atoms with van der Waals surface area (Å²) in [6, 6.07) is -0.389. The predicted octanol–water partition coefficient (Wildman–Crippen LogP) is 0.877. The second-order valence-corrected chi connectivity index (χ2v) is 5.16. The van der Waals surface area contributed by atoms with Gasteiger partial charge in [0.05, 0.1) is 12.1 Å². The Morgan fingerprint density at radius 2 is 2.30 bits per heavy atom. The zero-order chi connectivity index (χ0) is 14.7. The van der Waals surface area contributed by atoms with Gasteiger partial charge in [0.1, 0.15) is 0 Å². The number of amides is 2. The molecule has 1 aromatic heterocycles. The lowest BCUT2D eigenvalue weighted by molar-refractivity contribution is -0.137. The Morgan fingerprint density at radius 3 is 2.90 bits per heavy atom. The summed E-state index contributed by atoms with van der Waals surface area (Å²) in [4.78, 5) is 24.5. The van der Waals surface area contributed by atoms with Gasteiger partial charge in [0, 0.05) is 37.9 Å². The number of hydrogen-bond acceptors (Lipinski definition) is 3. The fourth-order valence-electron chi connectivity index (χ4n) is 2.61. The molecule has 2 rings (SSSR count). The van der Waals surface area contributed by atoms with Crippen molar-refractivity contribution in [2.24, 2.45) is 7.05 Å². The smallest absolute Gasteiger partial charge is 0.317 e. The number of aromatic nitrogens is 2. The molecular formula is C13H20N4O3. The fraction of sp³-hybridized carbons (Fsp3) is 0.615. The van der Waals surface area contributed by atoms with Gasteiger partial charge < -0.3 is 15.3 Å². The number of carboxylic acid groups (broad SMARTS) is 1. The largest absolute Gasteiger partial charge is 0.481 e. The van der Waals surface area contributed by atoms with E-state index in [1.807, 2.05) is 20.2 Å². The van der Waals surface area contributed by atoms with E-state index in [1.54, 1.807) is 9.58 Å². The number of carboxylic acids is 1. The molecule has 1 atom stereocenters. The molecule has 2 heterocycles. The van der Waals surface area contributed by atoms with Crippen LogP contribution in [0.25, 0.3) is 0 Å². The molecular weight excluding hydrogens is 260 g/mol. The number of aliphatic carboxylic acids is 1. The highest BCUT2D eigenvalue weighted by atomic mass is 16.4. The number of carbonyl (C=O) groups is 2. The molecule has 2 N–H and O–H groups in total. The van der Waals surface area contributed by atoms with Gasteiger partial charge in [-0.2, -0.15) is 5.10 Å². The fourth-order valence-corrected chi connectivity index (χ4v) is 2.61. The Kier molecular flexibility index (Phi) is 4.26. The summed E-state index contributed by atoms with van der Waals surface area (Å²) < 4.78 is 1.71. The van der Waals surface area contributed by atoms with E-state index in [1.165, 1.54) is 0 Å². The monoisotopic (exact) mass is 280 g/mol. The van der Waals surface area contributed by atoms with Crippen LogP contribution in [0.2, 0.25) is 0 Å². The normalized spacial score (nSPS) is 18.3. The molecule has 20 heavy (non-hydrogen) atoms. The highest BCUT2D eigenvalue weighted by molar-refractivity contribution is 5.76. The van der Waals surface area contributed by atoms with Crippen molar-refractivity contribution in [3.8, 4) is 0 Å². The minimum absolute atomic E-state index is 0.0132. The number of likely N-dealkylation sites (tertiary alicyclic amines) is 1. The molecule has 7 heteroatoms.